The van der Waals surface area contributed by atoms with Gasteiger partial charge in [0.15, 0.2) is 18.1 Å². The molecule has 8 heteroatoms. The van der Waals surface area contributed by atoms with Gasteiger partial charge in [-0.25, -0.2) is 0 Å². The van der Waals surface area contributed by atoms with Gasteiger partial charge in [-0.05, 0) is 42.9 Å². The fraction of sp³-hybridized carbons (Fsp3) is 0.391. The summed E-state index contributed by atoms with van der Waals surface area (Å²) in [6.45, 7) is 6.08. The van der Waals surface area contributed by atoms with Crippen molar-refractivity contribution in [1.82, 2.24) is 15.5 Å². The Bertz CT molecular complexity index is 887. The Kier molecular flexibility index (Phi) is 9.62. The van der Waals surface area contributed by atoms with Crippen LogP contribution in [0.3, 0.4) is 0 Å². The third-order valence-electron chi connectivity index (χ3n) is 5.04. The number of nitrogens with zero attached hydrogens (tertiary/aromatic N) is 1. The van der Waals surface area contributed by atoms with Crippen LogP contribution in [0.4, 0.5) is 0 Å². The molecule has 0 spiro atoms. The topological polar surface area (TPSA) is 79.9 Å². The zero-order valence-corrected chi connectivity index (χ0v) is 19.2. The average molecular weight is 448 g/mol. The number of amides is 2. The summed E-state index contributed by atoms with van der Waals surface area (Å²) in [7, 11) is 3.02. The lowest BCUT2D eigenvalue weighted by Crippen LogP contribution is -2.38. The maximum absolute atomic E-state index is 12.8. The predicted octanol–water partition coefficient (Wildman–Crippen LogP) is 3.29. The van der Waals surface area contributed by atoms with Gasteiger partial charge in [-0.3, -0.25) is 14.5 Å². The van der Waals surface area contributed by atoms with Crippen LogP contribution >= 0.6 is 11.6 Å². The Hall–Kier alpha value is -2.77. The molecular formula is C23H30ClN3O4. The molecule has 1 atom stereocenters. The van der Waals surface area contributed by atoms with Crippen molar-refractivity contribution in [2.75, 3.05) is 40.4 Å². The molecule has 0 bridgehead atoms. The molecule has 168 valence electrons. The molecule has 0 radical (unpaired) electrons. The van der Waals surface area contributed by atoms with Crippen molar-refractivity contribution in [3.63, 3.8) is 0 Å². The molecule has 0 saturated heterocycles. The minimum Gasteiger partial charge on any atom is -0.493 e. The molecule has 2 aromatic carbocycles. The lowest BCUT2D eigenvalue weighted by Gasteiger charge is -2.31. The fourth-order valence-corrected chi connectivity index (χ4v) is 3.54. The first-order valence-electron chi connectivity index (χ1n) is 10.2. The SMILES string of the molecule is CCN(CC)C(CNC(=O)c1ccc(OCC(=O)NC)c(OC)c1)c1ccccc1Cl. The summed E-state index contributed by atoms with van der Waals surface area (Å²) in [6.07, 6.45) is 0. The number of halogens is 1. The van der Waals surface area contributed by atoms with Crippen molar-refractivity contribution >= 4 is 23.4 Å². The molecule has 0 saturated carbocycles. The van der Waals surface area contributed by atoms with Crippen molar-refractivity contribution in [1.29, 1.82) is 0 Å². The number of ether oxygens (including phenoxy) is 2. The third-order valence-corrected chi connectivity index (χ3v) is 5.38. The molecule has 2 N–H and O–H groups in total. The average Bonchev–Trinajstić information content (AvgIpc) is 2.80. The summed E-state index contributed by atoms with van der Waals surface area (Å²) < 4.78 is 10.8. The summed E-state index contributed by atoms with van der Waals surface area (Å²) in [5.41, 5.74) is 1.41. The van der Waals surface area contributed by atoms with E-state index >= 15 is 0 Å². The first kappa shape index (κ1) is 24.5. The third kappa shape index (κ3) is 6.60. The highest BCUT2D eigenvalue weighted by Gasteiger charge is 2.21. The molecule has 7 nitrogen and oxygen atoms in total. The minimum absolute atomic E-state index is 0.0512. The van der Waals surface area contributed by atoms with Gasteiger partial charge < -0.3 is 20.1 Å². The van der Waals surface area contributed by atoms with Crippen LogP contribution in [0.5, 0.6) is 11.5 Å². The van der Waals surface area contributed by atoms with Crippen LogP contribution in [-0.4, -0.2) is 57.1 Å². The Morgan fingerprint density at radius 1 is 1.10 bits per heavy atom. The first-order valence-corrected chi connectivity index (χ1v) is 10.6. The first-order chi connectivity index (χ1) is 14.9. The Balaban J connectivity index is 2.15. The van der Waals surface area contributed by atoms with Crippen molar-refractivity contribution in [3.05, 3.63) is 58.6 Å². The molecule has 2 aromatic rings. The van der Waals surface area contributed by atoms with E-state index in [-0.39, 0.29) is 24.5 Å². The van der Waals surface area contributed by atoms with Crippen LogP contribution in [0.25, 0.3) is 0 Å². The Morgan fingerprint density at radius 2 is 1.81 bits per heavy atom. The molecule has 0 heterocycles. The zero-order valence-electron chi connectivity index (χ0n) is 18.4. The standard InChI is InChI=1S/C23H30ClN3O4/c1-5-27(6-2)19(17-9-7-8-10-18(17)24)14-26-23(29)16-11-12-20(21(13-16)30-4)31-15-22(28)25-3/h7-13,19H,5-6,14-15H2,1-4H3,(H,25,28)(H,26,29). The summed E-state index contributed by atoms with van der Waals surface area (Å²) >= 11 is 6.43. The Morgan fingerprint density at radius 3 is 2.42 bits per heavy atom. The molecular weight excluding hydrogens is 418 g/mol. The molecule has 1 unspecified atom stereocenters. The Labute approximate surface area is 188 Å². The van der Waals surface area contributed by atoms with Gasteiger partial charge in [-0.1, -0.05) is 43.6 Å². The number of rotatable bonds is 11. The highest BCUT2D eigenvalue weighted by atomic mass is 35.5. The molecule has 2 rings (SSSR count). The van der Waals surface area contributed by atoms with Crippen molar-refractivity contribution < 1.29 is 19.1 Å². The van der Waals surface area contributed by atoms with Gasteiger partial charge in [0, 0.05) is 24.2 Å². The quantitative estimate of drug-likeness (QED) is 0.552. The van der Waals surface area contributed by atoms with Gasteiger partial charge in [-0.15, -0.1) is 0 Å². The largest absolute Gasteiger partial charge is 0.493 e. The number of nitrogens with one attached hydrogen (secondary N) is 2. The molecule has 0 aliphatic rings. The number of benzene rings is 2. The van der Waals surface area contributed by atoms with Gasteiger partial charge in [0.25, 0.3) is 11.8 Å². The highest BCUT2D eigenvalue weighted by molar-refractivity contribution is 6.31. The number of methoxy groups -OCH3 is 1. The number of hydrogen-bond donors (Lipinski definition) is 2. The van der Waals surface area contributed by atoms with E-state index < -0.39 is 0 Å². The normalized spacial score (nSPS) is 11.7. The van der Waals surface area contributed by atoms with E-state index in [1.54, 1.807) is 18.2 Å². The molecule has 0 aliphatic heterocycles. The molecule has 0 aromatic heterocycles. The smallest absolute Gasteiger partial charge is 0.257 e. The van der Waals surface area contributed by atoms with Crippen LogP contribution in [0.15, 0.2) is 42.5 Å². The summed E-state index contributed by atoms with van der Waals surface area (Å²) in [6, 6.07) is 12.5. The second-order valence-corrected chi connectivity index (χ2v) is 7.20. The van der Waals surface area contributed by atoms with E-state index in [1.807, 2.05) is 24.3 Å². The summed E-state index contributed by atoms with van der Waals surface area (Å²) in [4.78, 5) is 26.5. The maximum Gasteiger partial charge on any atom is 0.257 e. The molecule has 31 heavy (non-hydrogen) atoms. The second-order valence-electron chi connectivity index (χ2n) is 6.80. The van der Waals surface area contributed by atoms with Crippen molar-refractivity contribution in [2.24, 2.45) is 0 Å². The summed E-state index contributed by atoms with van der Waals surface area (Å²) in [5.74, 6) is 0.272. The van der Waals surface area contributed by atoms with Gasteiger partial charge in [-0.2, -0.15) is 0 Å². The van der Waals surface area contributed by atoms with E-state index in [9.17, 15) is 9.59 Å². The van der Waals surface area contributed by atoms with E-state index in [0.29, 0.717) is 28.6 Å². The second kappa shape index (κ2) is 12.2. The molecule has 0 aliphatic carbocycles. The van der Waals surface area contributed by atoms with E-state index in [4.69, 9.17) is 21.1 Å². The molecule has 0 fully saturated rings. The number of likely N-dealkylation sites (N-methyl/N-ethyl adjacent to an activating group) is 2. The lowest BCUT2D eigenvalue weighted by atomic mass is 10.0. The number of carbonyl (C=O) groups is 2. The van der Waals surface area contributed by atoms with Crippen LogP contribution < -0.4 is 20.1 Å². The number of hydrogen-bond acceptors (Lipinski definition) is 5. The predicted molar refractivity (Wildman–Crippen MR) is 122 cm³/mol. The van der Waals surface area contributed by atoms with Gasteiger partial charge in [0.2, 0.25) is 0 Å². The molecule has 2 amide bonds. The van der Waals surface area contributed by atoms with Crippen molar-refractivity contribution in [2.45, 2.75) is 19.9 Å². The van der Waals surface area contributed by atoms with Crippen LogP contribution in [-0.2, 0) is 4.79 Å². The lowest BCUT2D eigenvalue weighted by molar-refractivity contribution is -0.122. The van der Waals surface area contributed by atoms with E-state index in [0.717, 1.165) is 18.7 Å². The summed E-state index contributed by atoms with van der Waals surface area (Å²) in [5, 5.41) is 6.16. The van der Waals surface area contributed by atoms with Crippen LogP contribution in [0.2, 0.25) is 5.02 Å². The van der Waals surface area contributed by atoms with Crippen molar-refractivity contribution in [3.8, 4) is 11.5 Å². The highest BCUT2D eigenvalue weighted by Crippen LogP contribution is 2.29. The van der Waals surface area contributed by atoms with E-state index in [1.165, 1.54) is 14.2 Å². The number of carbonyl (C=O) groups excluding carboxylic acids is 2. The van der Waals surface area contributed by atoms with Gasteiger partial charge >= 0.3 is 0 Å². The minimum atomic E-state index is -0.258. The monoisotopic (exact) mass is 447 g/mol. The zero-order chi connectivity index (χ0) is 22.8. The van der Waals surface area contributed by atoms with Crippen LogP contribution in [0.1, 0.15) is 35.8 Å². The van der Waals surface area contributed by atoms with Crippen LogP contribution in [0, 0.1) is 0 Å². The van der Waals surface area contributed by atoms with E-state index in [2.05, 4.69) is 29.4 Å². The maximum atomic E-state index is 12.8. The van der Waals surface area contributed by atoms with Gasteiger partial charge in [0.05, 0.1) is 13.2 Å². The fourth-order valence-electron chi connectivity index (χ4n) is 3.28. The van der Waals surface area contributed by atoms with Gasteiger partial charge in [0.1, 0.15) is 0 Å².